The average Bonchev–Trinajstić information content (AvgIpc) is 3.10. The lowest BCUT2D eigenvalue weighted by molar-refractivity contribution is -0.136. The van der Waals surface area contributed by atoms with E-state index < -0.39 is 21.9 Å². The number of fused-ring (bicyclic) bond motifs is 1. The van der Waals surface area contributed by atoms with Crippen LogP contribution in [0.3, 0.4) is 0 Å². The van der Waals surface area contributed by atoms with Gasteiger partial charge in [0, 0.05) is 17.8 Å². The summed E-state index contributed by atoms with van der Waals surface area (Å²) < 4.78 is 35.7. The third kappa shape index (κ3) is 4.38. The van der Waals surface area contributed by atoms with E-state index in [0.717, 1.165) is 11.7 Å². The molecule has 1 amide bonds. The van der Waals surface area contributed by atoms with E-state index in [1.807, 2.05) is 0 Å². The molecule has 0 aliphatic carbocycles. The summed E-state index contributed by atoms with van der Waals surface area (Å²) in [5, 5.41) is 11.0. The topological polar surface area (TPSA) is 138 Å². The summed E-state index contributed by atoms with van der Waals surface area (Å²) in [6.07, 6.45) is -0.180. The van der Waals surface area contributed by atoms with Crippen LogP contribution in [0.4, 0.5) is 5.69 Å². The van der Waals surface area contributed by atoms with E-state index in [1.54, 1.807) is 12.1 Å². The molecule has 27 heavy (non-hydrogen) atoms. The van der Waals surface area contributed by atoms with Crippen molar-refractivity contribution in [1.82, 2.24) is 14.1 Å². The zero-order valence-electron chi connectivity index (χ0n) is 13.7. The van der Waals surface area contributed by atoms with E-state index >= 15 is 0 Å². The van der Waals surface area contributed by atoms with Crippen LogP contribution in [0.15, 0.2) is 47.4 Å². The molecule has 3 rings (SSSR count). The number of aliphatic carboxylic acids is 1. The first-order valence-electron chi connectivity index (χ1n) is 7.71. The molecule has 0 aliphatic heterocycles. The summed E-state index contributed by atoms with van der Waals surface area (Å²) in [5.41, 5.74) is 1.35. The zero-order chi connectivity index (χ0) is 19.4. The minimum absolute atomic E-state index is 0.00816. The molecule has 0 saturated carbocycles. The third-order valence-corrected chi connectivity index (χ3v) is 5.52. The van der Waals surface area contributed by atoms with Crippen LogP contribution < -0.4 is 10.0 Å². The minimum atomic E-state index is -3.88. The summed E-state index contributed by atoms with van der Waals surface area (Å²) in [4.78, 5) is 22.4. The number of hydrogen-bond acceptors (Lipinski definition) is 7. The average molecular weight is 406 g/mol. The van der Waals surface area contributed by atoms with E-state index in [2.05, 4.69) is 18.8 Å². The fraction of sp³-hybridized carbons (Fsp3) is 0.125. The van der Waals surface area contributed by atoms with Gasteiger partial charge in [-0.3, -0.25) is 14.3 Å². The number of hydrogen-bond donors (Lipinski definition) is 3. The highest BCUT2D eigenvalue weighted by Crippen LogP contribution is 2.23. The molecule has 0 fully saturated rings. The molecule has 0 aliphatic rings. The van der Waals surface area contributed by atoms with Gasteiger partial charge in [0.05, 0.1) is 18.1 Å². The summed E-state index contributed by atoms with van der Waals surface area (Å²) in [7, 11) is -3.88. The van der Waals surface area contributed by atoms with Crippen molar-refractivity contribution >= 4 is 50.3 Å². The van der Waals surface area contributed by atoms with E-state index in [9.17, 15) is 18.0 Å². The van der Waals surface area contributed by atoms with Crippen LogP contribution in [-0.2, 0) is 14.8 Å². The molecule has 0 radical (unpaired) electrons. The van der Waals surface area contributed by atoms with Gasteiger partial charge in [-0.15, -0.1) is 0 Å². The number of nitrogens with zero attached hydrogens (tertiary/aromatic N) is 2. The molecule has 9 nitrogen and oxygen atoms in total. The van der Waals surface area contributed by atoms with Crippen molar-refractivity contribution in [3.63, 3.8) is 0 Å². The number of rotatable bonds is 7. The van der Waals surface area contributed by atoms with Crippen LogP contribution in [0.2, 0.25) is 0 Å². The van der Waals surface area contributed by atoms with Crippen molar-refractivity contribution in [3.8, 4) is 0 Å². The number of amides is 1. The number of carbonyl (C=O) groups is 2. The van der Waals surface area contributed by atoms with Crippen LogP contribution in [-0.4, -0.2) is 40.7 Å². The Kier molecular flexibility index (Phi) is 5.33. The Morgan fingerprint density at radius 2 is 1.81 bits per heavy atom. The first-order chi connectivity index (χ1) is 12.9. The number of carbonyl (C=O) groups excluding carboxylic acids is 1. The van der Waals surface area contributed by atoms with E-state index in [4.69, 9.17) is 5.11 Å². The maximum atomic E-state index is 12.6. The van der Waals surface area contributed by atoms with Gasteiger partial charge in [0.15, 0.2) is 0 Å². The summed E-state index contributed by atoms with van der Waals surface area (Å²) in [6.45, 7) is 0.00816. The molecule has 0 saturated heterocycles. The highest BCUT2D eigenvalue weighted by molar-refractivity contribution is 7.93. The van der Waals surface area contributed by atoms with Gasteiger partial charge in [-0.25, -0.2) is 8.42 Å². The summed E-state index contributed by atoms with van der Waals surface area (Å²) in [5.74, 6) is -1.45. The standard InChI is InChI=1S/C16H14N4O5S2/c21-14(22)8-9-17-16(23)10-4-6-11(7-5-10)20-27(24,25)13-3-1-2-12-15(13)19-26-18-12/h1-7,20H,8-9H2,(H,17,23)(H,21,22). The number of sulfonamides is 1. The smallest absolute Gasteiger partial charge is 0.305 e. The van der Waals surface area contributed by atoms with Crippen LogP contribution in [0, 0.1) is 0 Å². The molecule has 0 unspecified atom stereocenters. The second-order valence-electron chi connectivity index (χ2n) is 5.47. The van der Waals surface area contributed by atoms with E-state index in [1.165, 1.54) is 30.3 Å². The number of anilines is 1. The molecular formula is C16H14N4O5S2. The SMILES string of the molecule is O=C(O)CCNC(=O)c1ccc(NS(=O)(=O)c2cccc3nsnc23)cc1. The molecule has 0 bridgehead atoms. The number of carboxylic acids is 1. The molecule has 11 heteroatoms. The molecule has 3 N–H and O–H groups in total. The number of benzene rings is 2. The second kappa shape index (κ2) is 7.68. The lowest BCUT2D eigenvalue weighted by atomic mass is 10.2. The van der Waals surface area contributed by atoms with E-state index in [-0.39, 0.29) is 29.1 Å². The summed E-state index contributed by atoms with van der Waals surface area (Å²) in [6, 6.07) is 10.5. The van der Waals surface area contributed by atoms with Crippen LogP contribution in [0.1, 0.15) is 16.8 Å². The van der Waals surface area contributed by atoms with Crippen molar-refractivity contribution in [1.29, 1.82) is 0 Å². The predicted octanol–water partition coefficient (Wildman–Crippen LogP) is 1.70. The molecule has 1 aromatic heterocycles. The molecule has 3 aromatic rings. The molecule has 140 valence electrons. The Morgan fingerprint density at radius 1 is 1.07 bits per heavy atom. The Labute approximate surface area is 158 Å². The highest BCUT2D eigenvalue weighted by Gasteiger charge is 2.19. The minimum Gasteiger partial charge on any atom is -0.481 e. The Balaban J connectivity index is 1.73. The van der Waals surface area contributed by atoms with Crippen LogP contribution >= 0.6 is 11.7 Å². The highest BCUT2D eigenvalue weighted by atomic mass is 32.2. The molecule has 2 aromatic carbocycles. The number of aromatic nitrogens is 2. The fourth-order valence-electron chi connectivity index (χ4n) is 2.28. The van der Waals surface area contributed by atoms with Gasteiger partial charge >= 0.3 is 5.97 Å². The van der Waals surface area contributed by atoms with Gasteiger partial charge in [-0.1, -0.05) is 6.07 Å². The quantitative estimate of drug-likeness (QED) is 0.543. The predicted molar refractivity (Wildman–Crippen MR) is 99.3 cm³/mol. The van der Waals surface area contributed by atoms with Crippen molar-refractivity contribution in [3.05, 3.63) is 48.0 Å². The lowest BCUT2D eigenvalue weighted by Gasteiger charge is -2.09. The van der Waals surface area contributed by atoms with Gasteiger partial charge < -0.3 is 10.4 Å². The van der Waals surface area contributed by atoms with Crippen LogP contribution in [0.5, 0.6) is 0 Å². The summed E-state index contributed by atoms with van der Waals surface area (Å²) >= 11 is 0.929. The van der Waals surface area contributed by atoms with Gasteiger partial charge in [-0.05, 0) is 36.4 Å². The Hall–Kier alpha value is -3.05. The Morgan fingerprint density at radius 3 is 2.52 bits per heavy atom. The van der Waals surface area contributed by atoms with Crippen molar-refractivity contribution < 1.29 is 23.1 Å². The first kappa shape index (κ1) is 18.7. The molecular weight excluding hydrogens is 392 g/mol. The number of carboxylic acid groups (broad SMARTS) is 1. The molecule has 1 heterocycles. The maximum Gasteiger partial charge on any atom is 0.305 e. The normalized spacial score (nSPS) is 11.3. The van der Waals surface area contributed by atoms with E-state index in [0.29, 0.717) is 11.0 Å². The fourth-order valence-corrected chi connectivity index (χ4v) is 4.11. The lowest BCUT2D eigenvalue weighted by Crippen LogP contribution is -2.25. The van der Waals surface area contributed by atoms with Crippen molar-refractivity contribution in [2.24, 2.45) is 0 Å². The van der Waals surface area contributed by atoms with Crippen molar-refractivity contribution in [2.75, 3.05) is 11.3 Å². The molecule has 0 atom stereocenters. The first-order valence-corrected chi connectivity index (χ1v) is 9.92. The van der Waals surface area contributed by atoms with Crippen molar-refractivity contribution in [2.45, 2.75) is 11.3 Å². The van der Waals surface area contributed by atoms with Gasteiger partial charge in [0.25, 0.3) is 15.9 Å². The monoisotopic (exact) mass is 406 g/mol. The van der Waals surface area contributed by atoms with Crippen LogP contribution in [0.25, 0.3) is 11.0 Å². The molecule has 0 spiro atoms. The zero-order valence-corrected chi connectivity index (χ0v) is 15.4. The Bertz CT molecular complexity index is 1090. The second-order valence-corrected chi connectivity index (χ2v) is 7.65. The van der Waals surface area contributed by atoms with Gasteiger partial charge in [0.2, 0.25) is 0 Å². The number of nitrogens with one attached hydrogen (secondary N) is 2. The largest absolute Gasteiger partial charge is 0.481 e. The third-order valence-electron chi connectivity index (χ3n) is 3.56. The van der Waals surface area contributed by atoms with Gasteiger partial charge in [-0.2, -0.15) is 8.75 Å². The maximum absolute atomic E-state index is 12.6. The van der Waals surface area contributed by atoms with Gasteiger partial charge in [0.1, 0.15) is 15.9 Å².